The summed E-state index contributed by atoms with van der Waals surface area (Å²) in [6, 6.07) is 2.03. The van der Waals surface area contributed by atoms with E-state index in [9.17, 15) is 21.7 Å². The smallest absolute Gasteiger partial charge is 0.445 e. The van der Waals surface area contributed by atoms with Crippen molar-refractivity contribution in [2.24, 2.45) is 0 Å². The molecule has 16 heavy (non-hydrogen) atoms. The molecule has 0 fully saturated rings. The van der Waals surface area contributed by atoms with Crippen molar-refractivity contribution in [2.45, 2.75) is 6.61 Å². The van der Waals surface area contributed by atoms with Crippen molar-refractivity contribution in [3.05, 3.63) is 23.2 Å². The molecule has 0 aromatic heterocycles. The van der Waals surface area contributed by atoms with Gasteiger partial charge >= 0.3 is 65.0 Å². The van der Waals surface area contributed by atoms with Crippen LogP contribution in [-0.4, -0.2) is 13.6 Å². The first-order chi connectivity index (χ1) is 6.80. The molecule has 1 aromatic carbocycles. The van der Waals surface area contributed by atoms with Crippen molar-refractivity contribution in [1.82, 2.24) is 0 Å². The normalized spacial score (nSPS) is 11.2. The zero-order valence-corrected chi connectivity index (χ0v) is 11.9. The molecule has 0 aliphatic heterocycles. The summed E-state index contributed by atoms with van der Waals surface area (Å²) in [4.78, 5) is 0. The molecule has 0 spiro atoms. The summed E-state index contributed by atoms with van der Waals surface area (Å²) in [6.07, 6.45) is 0. The predicted molar refractivity (Wildman–Crippen MR) is 46.8 cm³/mol. The molecule has 9 heteroatoms. The van der Waals surface area contributed by atoms with Gasteiger partial charge in [-0.2, -0.15) is 8.78 Å². The summed E-state index contributed by atoms with van der Waals surface area (Å²) in [5.74, 6) is -0.677. The van der Waals surface area contributed by atoms with E-state index < -0.39 is 24.8 Å². The Balaban J connectivity index is 0.00000225. The Bertz CT molecular complexity index is 359. The van der Waals surface area contributed by atoms with Crippen LogP contribution in [0.25, 0.3) is 0 Å². The van der Waals surface area contributed by atoms with Crippen LogP contribution < -0.4 is 61.6 Å². The molecular formula is C7H4BClF5KO. The Morgan fingerprint density at radius 2 is 1.75 bits per heavy atom. The maximum Gasteiger partial charge on any atom is 1.00 e. The fourth-order valence-corrected chi connectivity index (χ4v) is 1.07. The molecule has 0 bridgehead atoms. The number of halogens is 6. The Labute approximate surface area is 136 Å². The minimum atomic E-state index is -5.25. The predicted octanol–water partition coefficient (Wildman–Crippen LogP) is -0.000200. The van der Waals surface area contributed by atoms with Gasteiger partial charge in [-0.1, -0.05) is 17.7 Å². The average Bonchev–Trinajstić information content (AvgIpc) is 2.06. The number of ether oxygens (including phenoxy) is 1. The summed E-state index contributed by atoms with van der Waals surface area (Å²) in [5, 5.41) is -0.292. The van der Waals surface area contributed by atoms with E-state index in [2.05, 4.69) is 4.74 Å². The molecule has 84 valence electrons. The summed E-state index contributed by atoms with van der Waals surface area (Å²) in [5.41, 5.74) is -1.03. The maximum atomic E-state index is 12.2. The molecule has 0 aliphatic carbocycles. The molecule has 0 aliphatic rings. The van der Waals surface area contributed by atoms with E-state index >= 15 is 0 Å². The minimum Gasteiger partial charge on any atom is -0.445 e. The van der Waals surface area contributed by atoms with Crippen molar-refractivity contribution in [1.29, 1.82) is 0 Å². The molecule has 0 amide bonds. The number of alkyl halides is 2. The molecule has 0 N–H and O–H groups in total. The van der Waals surface area contributed by atoms with Crippen LogP contribution in [0.1, 0.15) is 0 Å². The van der Waals surface area contributed by atoms with Gasteiger partial charge in [0.25, 0.3) is 0 Å². The zero-order chi connectivity index (χ0) is 11.6. The van der Waals surface area contributed by atoms with Crippen molar-refractivity contribution >= 4 is 24.0 Å². The summed E-state index contributed by atoms with van der Waals surface area (Å²) >= 11 is 5.37. The van der Waals surface area contributed by atoms with Crippen LogP contribution in [0.3, 0.4) is 0 Å². The number of benzene rings is 1. The molecule has 0 unspecified atom stereocenters. The van der Waals surface area contributed by atoms with E-state index in [1.165, 1.54) is 0 Å². The molecule has 0 saturated carbocycles. The Hall–Kier alpha value is 0.661. The molecular weight excluding hydrogens is 280 g/mol. The van der Waals surface area contributed by atoms with Crippen LogP contribution in [0.15, 0.2) is 18.2 Å². The first-order valence-electron chi connectivity index (χ1n) is 3.75. The molecule has 0 radical (unpaired) electrons. The van der Waals surface area contributed by atoms with Gasteiger partial charge in [-0.25, -0.2) is 0 Å². The third-order valence-corrected chi connectivity index (χ3v) is 1.86. The largest absolute Gasteiger partial charge is 1.00 e. The molecule has 1 nitrogen and oxygen atoms in total. The van der Waals surface area contributed by atoms with Gasteiger partial charge in [0.15, 0.2) is 0 Å². The monoisotopic (exact) mass is 284 g/mol. The fourth-order valence-electron chi connectivity index (χ4n) is 0.910. The van der Waals surface area contributed by atoms with E-state index in [0.29, 0.717) is 12.1 Å². The van der Waals surface area contributed by atoms with Gasteiger partial charge in [-0.05, 0) is 12.1 Å². The van der Waals surface area contributed by atoms with Crippen molar-refractivity contribution in [2.75, 3.05) is 0 Å². The zero-order valence-electron chi connectivity index (χ0n) is 8.06. The Morgan fingerprint density at radius 1 is 1.19 bits per heavy atom. The Kier molecular flexibility index (Phi) is 6.83. The Morgan fingerprint density at radius 3 is 2.19 bits per heavy atom. The summed E-state index contributed by atoms with van der Waals surface area (Å²) in [6.45, 7) is -8.46. The van der Waals surface area contributed by atoms with Gasteiger partial charge in [0.2, 0.25) is 0 Å². The van der Waals surface area contributed by atoms with Crippen LogP contribution in [0, 0.1) is 0 Å². The van der Waals surface area contributed by atoms with Crippen LogP contribution in [0.5, 0.6) is 5.75 Å². The van der Waals surface area contributed by atoms with Gasteiger partial charge in [0.05, 0.1) is 5.02 Å². The third-order valence-electron chi connectivity index (χ3n) is 1.55. The van der Waals surface area contributed by atoms with Crippen molar-refractivity contribution < 1.29 is 77.8 Å². The van der Waals surface area contributed by atoms with Crippen LogP contribution in [0.2, 0.25) is 5.02 Å². The number of hydrogen-bond donors (Lipinski definition) is 0. The molecule has 1 rings (SSSR count). The van der Waals surface area contributed by atoms with Gasteiger partial charge < -0.3 is 17.7 Å². The third kappa shape index (κ3) is 4.89. The van der Waals surface area contributed by atoms with Crippen molar-refractivity contribution in [3.8, 4) is 5.75 Å². The second kappa shape index (κ2) is 6.56. The number of hydrogen-bond acceptors (Lipinski definition) is 1. The minimum absolute atomic E-state index is 0. The van der Waals surface area contributed by atoms with Crippen LogP contribution >= 0.6 is 11.6 Å². The molecule has 0 saturated heterocycles. The van der Waals surface area contributed by atoms with Gasteiger partial charge in [-0.15, -0.1) is 5.46 Å². The quantitative estimate of drug-likeness (QED) is 0.561. The number of rotatable bonds is 3. The van der Waals surface area contributed by atoms with Gasteiger partial charge in [0, 0.05) is 0 Å². The average molecular weight is 284 g/mol. The first kappa shape index (κ1) is 16.7. The van der Waals surface area contributed by atoms with E-state index in [1.54, 1.807) is 0 Å². The van der Waals surface area contributed by atoms with E-state index in [0.717, 1.165) is 6.07 Å². The van der Waals surface area contributed by atoms with Crippen LogP contribution in [0.4, 0.5) is 21.7 Å². The topological polar surface area (TPSA) is 9.23 Å². The standard InChI is InChI=1S/C7H4BClF5O.K/c9-5-2-1-4(8(12,13)14)3-6(5)15-7(10)11;/h1-3,7H;/q-1;+1. The second-order valence-electron chi connectivity index (χ2n) is 2.64. The van der Waals surface area contributed by atoms with Crippen molar-refractivity contribution in [3.63, 3.8) is 0 Å². The second-order valence-corrected chi connectivity index (χ2v) is 3.05. The summed E-state index contributed by atoms with van der Waals surface area (Å²) in [7, 11) is 0. The molecule has 1 aromatic rings. The fraction of sp³-hybridized carbons (Fsp3) is 0.143. The van der Waals surface area contributed by atoms with E-state index in [-0.39, 0.29) is 56.4 Å². The SMILES string of the molecule is FC(F)Oc1cc([B-](F)(F)F)ccc1Cl.[K+]. The van der Waals surface area contributed by atoms with Gasteiger partial charge in [0.1, 0.15) is 5.75 Å². The van der Waals surface area contributed by atoms with Crippen LogP contribution in [-0.2, 0) is 0 Å². The van der Waals surface area contributed by atoms with E-state index in [4.69, 9.17) is 11.6 Å². The van der Waals surface area contributed by atoms with E-state index in [1.807, 2.05) is 0 Å². The van der Waals surface area contributed by atoms with Gasteiger partial charge in [-0.3, -0.25) is 0 Å². The molecule has 0 atom stereocenters. The molecule has 0 heterocycles. The maximum absolute atomic E-state index is 12.2. The summed E-state index contributed by atoms with van der Waals surface area (Å²) < 4.78 is 64.0. The first-order valence-corrected chi connectivity index (χ1v) is 4.12.